The molecule has 0 aliphatic heterocycles. The first-order chi connectivity index (χ1) is 21.9. The van der Waals surface area contributed by atoms with E-state index in [1.807, 2.05) is 62.4 Å². The van der Waals surface area contributed by atoms with Crippen LogP contribution in [0.5, 0.6) is 5.75 Å². The number of ether oxygens (including phenoxy) is 1. The molecule has 45 heavy (non-hydrogen) atoms. The Morgan fingerprint density at radius 2 is 1.69 bits per heavy atom. The fourth-order valence-corrected chi connectivity index (χ4v) is 5.21. The molecule has 2 aromatic carbocycles. The SMILES string of the molecule is CCCCc1nc(C)n(-c2ncc(OCC(=O)N(CC)CC)cn2)c(=O)c1Cc1ccc(-c2ccccc2-c2nn[nH]n2)cc1. The molecule has 12 nitrogen and oxygen atoms in total. The molecule has 0 atom stereocenters. The Hall–Kier alpha value is -5.26. The van der Waals surface area contributed by atoms with Crippen molar-refractivity contribution < 1.29 is 9.53 Å². The molecule has 3 heterocycles. The number of aromatic nitrogens is 8. The number of hydrogen-bond donors (Lipinski definition) is 1. The molecular formula is C33H37N9O3. The first-order valence-corrected chi connectivity index (χ1v) is 15.2. The van der Waals surface area contributed by atoms with E-state index in [1.54, 1.807) is 11.8 Å². The van der Waals surface area contributed by atoms with Crippen LogP contribution in [-0.4, -0.2) is 70.6 Å². The Morgan fingerprint density at radius 3 is 2.33 bits per heavy atom. The average molecular weight is 608 g/mol. The van der Waals surface area contributed by atoms with Gasteiger partial charge in [0.25, 0.3) is 11.5 Å². The van der Waals surface area contributed by atoms with Crippen LogP contribution in [0.4, 0.5) is 0 Å². The van der Waals surface area contributed by atoms with Gasteiger partial charge in [-0.25, -0.2) is 19.5 Å². The Kier molecular flexibility index (Phi) is 10.0. The van der Waals surface area contributed by atoms with Gasteiger partial charge in [-0.1, -0.05) is 61.9 Å². The smallest absolute Gasteiger partial charge is 0.264 e. The quantitative estimate of drug-likeness (QED) is 0.206. The summed E-state index contributed by atoms with van der Waals surface area (Å²) < 4.78 is 7.04. The van der Waals surface area contributed by atoms with Gasteiger partial charge in [0, 0.05) is 30.6 Å². The lowest BCUT2D eigenvalue weighted by Crippen LogP contribution is -2.34. The van der Waals surface area contributed by atoms with Crippen LogP contribution in [0.25, 0.3) is 28.5 Å². The minimum Gasteiger partial charge on any atom is -0.481 e. The van der Waals surface area contributed by atoms with Gasteiger partial charge in [-0.3, -0.25) is 9.59 Å². The van der Waals surface area contributed by atoms with E-state index in [0.717, 1.165) is 40.8 Å². The molecular weight excluding hydrogens is 570 g/mol. The van der Waals surface area contributed by atoms with Crippen LogP contribution in [-0.2, 0) is 17.6 Å². The van der Waals surface area contributed by atoms with E-state index in [2.05, 4.69) is 37.5 Å². The summed E-state index contributed by atoms with van der Waals surface area (Å²) in [5.41, 5.74) is 5.03. The van der Waals surface area contributed by atoms with E-state index >= 15 is 0 Å². The van der Waals surface area contributed by atoms with E-state index in [1.165, 1.54) is 17.0 Å². The number of nitrogens with one attached hydrogen (secondary N) is 1. The van der Waals surface area contributed by atoms with Gasteiger partial charge in [0.05, 0.1) is 18.1 Å². The number of rotatable bonds is 13. The third-order valence-corrected chi connectivity index (χ3v) is 7.65. The molecule has 12 heteroatoms. The number of aromatic amines is 1. The number of carbonyl (C=O) groups is 1. The molecule has 0 bridgehead atoms. The van der Waals surface area contributed by atoms with E-state index in [0.29, 0.717) is 48.9 Å². The number of carbonyl (C=O) groups excluding carboxylic acids is 1. The Morgan fingerprint density at radius 1 is 0.978 bits per heavy atom. The van der Waals surface area contributed by atoms with E-state index in [9.17, 15) is 9.59 Å². The van der Waals surface area contributed by atoms with E-state index in [4.69, 9.17) is 9.72 Å². The monoisotopic (exact) mass is 607 g/mol. The minimum atomic E-state index is -0.203. The molecule has 1 N–H and O–H groups in total. The van der Waals surface area contributed by atoms with Gasteiger partial charge in [-0.15, -0.1) is 10.2 Å². The Balaban J connectivity index is 1.41. The molecule has 0 fully saturated rings. The van der Waals surface area contributed by atoms with Gasteiger partial charge >= 0.3 is 0 Å². The van der Waals surface area contributed by atoms with Crippen LogP contribution in [0.2, 0.25) is 0 Å². The van der Waals surface area contributed by atoms with Crippen molar-refractivity contribution >= 4 is 5.91 Å². The van der Waals surface area contributed by atoms with Crippen LogP contribution in [0.3, 0.4) is 0 Å². The summed E-state index contributed by atoms with van der Waals surface area (Å²) >= 11 is 0. The van der Waals surface area contributed by atoms with Crippen molar-refractivity contribution in [3.63, 3.8) is 0 Å². The topological polar surface area (TPSA) is 145 Å². The molecule has 0 aliphatic carbocycles. The van der Waals surface area contributed by atoms with Crippen molar-refractivity contribution in [3.05, 3.63) is 93.9 Å². The summed E-state index contributed by atoms with van der Waals surface area (Å²) in [6, 6.07) is 16.0. The average Bonchev–Trinajstić information content (AvgIpc) is 3.61. The number of amides is 1. The summed E-state index contributed by atoms with van der Waals surface area (Å²) in [6.45, 7) is 8.86. The maximum atomic E-state index is 14.0. The fourth-order valence-electron chi connectivity index (χ4n) is 5.21. The van der Waals surface area contributed by atoms with Gasteiger partial charge in [-0.05, 0) is 55.5 Å². The zero-order valence-corrected chi connectivity index (χ0v) is 26.0. The highest BCUT2D eigenvalue weighted by molar-refractivity contribution is 5.80. The van der Waals surface area contributed by atoms with Gasteiger partial charge in [0.15, 0.2) is 12.4 Å². The van der Waals surface area contributed by atoms with Crippen molar-refractivity contribution in [1.29, 1.82) is 0 Å². The molecule has 0 aliphatic rings. The molecule has 5 aromatic rings. The summed E-state index contributed by atoms with van der Waals surface area (Å²) in [4.78, 5) is 41.6. The maximum absolute atomic E-state index is 14.0. The number of unbranched alkanes of at least 4 members (excludes halogenated alkanes) is 1. The third-order valence-electron chi connectivity index (χ3n) is 7.65. The fraction of sp³-hybridized carbons (Fsp3) is 0.333. The zero-order valence-electron chi connectivity index (χ0n) is 26.0. The van der Waals surface area contributed by atoms with Gasteiger partial charge < -0.3 is 9.64 Å². The van der Waals surface area contributed by atoms with Crippen LogP contribution in [0.1, 0.15) is 56.3 Å². The standard InChI is InChI=1S/C33H37N9O3/c1-5-8-13-29-28(18-23-14-16-24(17-15-23)26-11-9-10-12-27(26)31-37-39-40-38-31)32(44)42(22(4)36-29)33-34-19-25(20-35-33)45-21-30(43)41(6-2)7-3/h9-12,14-17,19-20H,5-8,13,18,21H2,1-4H3,(H,37,38,39,40). The van der Waals surface area contributed by atoms with Crippen LogP contribution >= 0.6 is 0 Å². The van der Waals surface area contributed by atoms with Crippen molar-refractivity contribution in [2.75, 3.05) is 19.7 Å². The van der Waals surface area contributed by atoms with Crippen LogP contribution < -0.4 is 10.3 Å². The van der Waals surface area contributed by atoms with Crippen molar-refractivity contribution in [2.45, 2.75) is 53.4 Å². The Labute approximate surface area is 261 Å². The number of H-pyrrole nitrogens is 1. The van der Waals surface area contributed by atoms with Gasteiger partial charge in [-0.2, -0.15) is 5.21 Å². The highest BCUT2D eigenvalue weighted by Gasteiger charge is 2.19. The molecule has 0 spiro atoms. The van der Waals surface area contributed by atoms with Crippen molar-refractivity contribution in [2.24, 2.45) is 0 Å². The van der Waals surface area contributed by atoms with Gasteiger partial charge in [0.2, 0.25) is 11.8 Å². The Bertz CT molecular complexity index is 1780. The molecule has 232 valence electrons. The number of benzene rings is 2. The lowest BCUT2D eigenvalue weighted by Gasteiger charge is -2.18. The molecule has 5 rings (SSSR count). The largest absolute Gasteiger partial charge is 0.481 e. The summed E-state index contributed by atoms with van der Waals surface area (Å²) in [5, 5.41) is 14.5. The second-order valence-electron chi connectivity index (χ2n) is 10.6. The number of likely N-dealkylation sites (N-methyl/N-ethyl adjacent to an activating group) is 1. The predicted octanol–water partition coefficient (Wildman–Crippen LogP) is 4.36. The van der Waals surface area contributed by atoms with Crippen LogP contribution in [0.15, 0.2) is 65.7 Å². The maximum Gasteiger partial charge on any atom is 0.264 e. The number of nitrogens with zero attached hydrogens (tertiary/aromatic N) is 8. The molecule has 1 amide bonds. The molecule has 0 saturated heterocycles. The molecule has 0 saturated carbocycles. The molecule has 0 unspecified atom stereocenters. The minimum absolute atomic E-state index is 0.108. The highest BCUT2D eigenvalue weighted by Crippen LogP contribution is 2.30. The molecule has 3 aromatic heterocycles. The molecule has 0 radical (unpaired) electrons. The second-order valence-corrected chi connectivity index (χ2v) is 10.6. The van der Waals surface area contributed by atoms with Crippen molar-refractivity contribution in [3.8, 4) is 34.2 Å². The first kappa shape index (κ1) is 31.2. The number of aryl methyl sites for hydroxylation is 2. The highest BCUT2D eigenvalue weighted by atomic mass is 16.5. The summed E-state index contributed by atoms with van der Waals surface area (Å²) in [7, 11) is 0. The third kappa shape index (κ3) is 7.11. The predicted molar refractivity (Wildman–Crippen MR) is 170 cm³/mol. The first-order valence-electron chi connectivity index (χ1n) is 15.2. The zero-order chi connectivity index (χ0) is 31.8. The second kappa shape index (κ2) is 14.5. The van der Waals surface area contributed by atoms with E-state index < -0.39 is 0 Å². The summed E-state index contributed by atoms with van der Waals surface area (Å²) in [6.07, 6.45) is 5.96. The normalized spacial score (nSPS) is 11.0. The lowest BCUT2D eigenvalue weighted by atomic mass is 9.96. The number of tetrazole rings is 1. The van der Waals surface area contributed by atoms with Gasteiger partial charge in [0.1, 0.15) is 5.82 Å². The van der Waals surface area contributed by atoms with E-state index in [-0.39, 0.29) is 24.0 Å². The van der Waals surface area contributed by atoms with Crippen molar-refractivity contribution in [1.82, 2.24) is 45.0 Å². The lowest BCUT2D eigenvalue weighted by molar-refractivity contribution is -0.132. The summed E-state index contributed by atoms with van der Waals surface area (Å²) in [5.74, 6) is 1.46. The van der Waals surface area contributed by atoms with Crippen LogP contribution in [0, 0.1) is 6.92 Å². The number of hydrogen-bond acceptors (Lipinski definition) is 9.